The van der Waals surface area contributed by atoms with Gasteiger partial charge in [-0.25, -0.2) is 9.97 Å². The van der Waals surface area contributed by atoms with Crippen LogP contribution in [0.3, 0.4) is 0 Å². The summed E-state index contributed by atoms with van der Waals surface area (Å²) in [5.74, 6) is 0.982. The van der Waals surface area contributed by atoms with E-state index in [1.165, 1.54) is 0 Å². The molecule has 136 valence electrons. The van der Waals surface area contributed by atoms with Gasteiger partial charge in [0.15, 0.2) is 0 Å². The summed E-state index contributed by atoms with van der Waals surface area (Å²) in [4.78, 5) is 32.4. The number of aromatic nitrogens is 3. The lowest BCUT2D eigenvalue weighted by molar-refractivity contribution is -0.133. The zero-order chi connectivity index (χ0) is 17.8. The van der Waals surface area contributed by atoms with E-state index in [0.29, 0.717) is 6.54 Å². The van der Waals surface area contributed by atoms with E-state index in [4.69, 9.17) is 0 Å². The number of carbonyl (C=O) groups excluding carboxylic acids is 1. The van der Waals surface area contributed by atoms with E-state index < -0.39 is 0 Å². The van der Waals surface area contributed by atoms with Gasteiger partial charge in [-0.15, -0.1) is 0 Å². The first-order chi connectivity index (χ1) is 12.8. The zero-order valence-electron chi connectivity index (χ0n) is 14.9. The van der Waals surface area contributed by atoms with Gasteiger partial charge in [0.2, 0.25) is 11.9 Å². The van der Waals surface area contributed by atoms with Crippen LogP contribution in [0.5, 0.6) is 0 Å². The number of nitrogens with zero attached hydrogens (tertiary/aromatic N) is 6. The second kappa shape index (κ2) is 7.78. The van der Waals surface area contributed by atoms with E-state index in [2.05, 4.69) is 24.8 Å². The van der Waals surface area contributed by atoms with Crippen molar-refractivity contribution < 1.29 is 4.79 Å². The van der Waals surface area contributed by atoms with Crippen LogP contribution < -0.4 is 4.90 Å². The van der Waals surface area contributed by atoms with Gasteiger partial charge in [0.25, 0.3) is 0 Å². The van der Waals surface area contributed by atoms with Gasteiger partial charge in [-0.3, -0.25) is 14.7 Å². The van der Waals surface area contributed by atoms with Crippen molar-refractivity contribution in [3.63, 3.8) is 0 Å². The molecule has 0 aromatic carbocycles. The third-order valence-electron chi connectivity index (χ3n) is 5.17. The zero-order valence-corrected chi connectivity index (χ0v) is 14.9. The second-order valence-electron chi connectivity index (χ2n) is 6.81. The maximum Gasteiger partial charge on any atom is 0.237 e. The Balaban J connectivity index is 1.33. The Morgan fingerprint density at radius 1 is 0.962 bits per heavy atom. The molecule has 2 aliphatic heterocycles. The van der Waals surface area contributed by atoms with Crippen LogP contribution in [-0.4, -0.2) is 69.9 Å². The molecule has 2 aromatic heterocycles. The number of hydrogen-bond acceptors (Lipinski definition) is 6. The highest BCUT2D eigenvalue weighted by Gasteiger charge is 2.32. The molecule has 2 saturated heterocycles. The van der Waals surface area contributed by atoms with Gasteiger partial charge >= 0.3 is 0 Å². The van der Waals surface area contributed by atoms with Gasteiger partial charge in [-0.1, -0.05) is 6.07 Å². The van der Waals surface area contributed by atoms with Crippen LogP contribution in [0.2, 0.25) is 0 Å². The van der Waals surface area contributed by atoms with Gasteiger partial charge < -0.3 is 9.80 Å². The summed E-state index contributed by atoms with van der Waals surface area (Å²) < 4.78 is 0. The van der Waals surface area contributed by atoms with Crippen molar-refractivity contribution in [1.82, 2.24) is 24.8 Å². The van der Waals surface area contributed by atoms with Crippen molar-refractivity contribution in [3.8, 4) is 0 Å². The molecule has 0 aliphatic carbocycles. The molecule has 0 N–H and O–H groups in total. The second-order valence-corrected chi connectivity index (χ2v) is 6.81. The fraction of sp³-hybridized carbons (Fsp3) is 0.474. The molecule has 7 nitrogen and oxygen atoms in total. The molecule has 0 spiro atoms. The van der Waals surface area contributed by atoms with Crippen LogP contribution in [0.1, 0.15) is 24.6 Å². The molecule has 2 aromatic rings. The van der Waals surface area contributed by atoms with Crippen LogP contribution in [0, 0.1) is 0 Å². The quantitative estimate of drug-likeness (QED) is 0.828. The van der Waals surface area contributed by atoms with Crippen molar-refractivity contribution in [2.75, 3.05) is 44.2 Å². The summed E-state index contributed by atoms with van der Waals surface area (Å²) in [7, 11) is 0. The highest BCUT2D eigenvalue weighted by Crippen LogP contribution is 2.30. The number of anilines is 1. The van der Waals surface area contributed by atoms with Crippen molar-refractivity contribution in [3.05, 3.63) is 48.5 Å². The van der Waals surface area contributed by atoms with Crippen molar-refractivity contribution in [1.29, 1.82) is 0 Å². The SMILES string of the molecule is O=C(CN1CCN(c2ncccn2)CC1)N1CCCC1c1ccccn1. The van der Waals surface area contributed by atoms with Crippen LogP contribution in [-0.2, 0) is 4.79 Å². The minimum atomic E-state index is 0.128. The first kappa shape index (κ1) is 16.9. The van der Waals surface area contributed by atoms with Crippen LogP contribution in [0.15, 0.2) is 42.9 Å². The Labute approximate surface area is 153 Å². The summed E-state index contributed by atoms with van der Waals surface area (Å²) >= 11 is 0. The largest absolute Gasteiger partial charge is 0.338 e. The minimum Gasteiger partial charge on any atom is -0.338 e. The van der Waals surface area contributed by atoms with Crippen molar-refractivity contribution in [2.45, 2.75) is 18.9 Å². The monoisotopic (exact) mass is 352 g/mol. The molecule has 0 bridgehead atoms. The highest BCUT2D eigenvalue weighted by atomic mass is 16.2. The third-order valence-corrected chi connectivity index (χ3v) is 5.17. The summed E-state index contributed by atoms with van der Waals surface area (Å²) in [6.45, 7) is 4.71. The molecule has 4 heterocycles. The molecule has 26 heavy (non-hydrogen) atoms. The van der Waals surface area contributed by atoms with Gasteiger partial charge in [0.05, 0.1) is 18.3 Å². The Morgan fingerprint density at radius 2 is 1.73 bits per heavy atom. The molecule has 1 atom stereocenters. The molecule has 4 rings (SSSR count). The van der Waals surface area contributed by atoms with Crippen LogP contribution in [0.4, 0.5) is 5.95 Å². The Kier molecular flexibility index (Phi) is 5.06. The highest BCUT2D eigenvalue weighted by molar-refractivity contribution is 5.79. The molecule has 0 radical (unpaired) electrons. The fourth-order valence-electron chi connectivity index (χ4n) is 3.79. The predicted octanol–water partition coefficient (Wildman–Crippen LogP) is 1.36. The predicted molar refractivity (Wildman–Crippen MR) is 98.6 cm³/mol. The van der Waals surface area contributed by atoms with Gasteiger partial charge in [-0.05, 0) is 31.0 Å². The number of pyridine rings is 1. The first-order valence-electron chi connectivity index (χ1n) is 9.26. The fourth-order valence-corrected chi connectivity index (χ4v) is 3.79. The molecule has 2 fully saturated rings. The average molecular weight is 352 g/mol. The Hall–Kier alpha value is -2.54. The number of hydrogen-bond donors (Lipinski definition) is 0. The topological polar surface area (TPSA) is 65.5 Å². The van der Waals surface area contributed by atoms with E-state index in [9.17, 15) is 4.79 Å². The molecule has 2 aliphatic rings. The standard InChI is InChI=1S/C19H24N6O/c26-18(25-10-3-6-17(25)16-5-1-2-7-20-16)15-23-11-13-24(14-12-23)19-21-8-4-9-22-19/h1-2,4-5,7-9,17H,3,6,10-15H2. The summed E-state index contributed by atoms with van der Waals surface area (Å²) in [6.07, 6.45) is 7.39. The minimum absolute atomic E-state index is 0.128. The third kappa shape index (κ3) is 3.67. The molecule has 0 saturated carbocycles. The van der Waals surface area contributed by atoms with Gasteiger partial charge in [0.1, 0.15) is 0 Å². The van der Waals surface area contributed by atoms with E-state index >= 15 is 0 Å². The Bertz CT molecular complexity index is 717. The van der Waals surface area contributed by atoms with Crippen molar-refractivity contribution in [2.24, 2.45) is 0 Å². The van der Waals surface area contributed by atoms with Crippen LogP contribution in [0.25, 0.3) is 0 Å². The summed E-state index contributed by atoms with van der Waals surface area (Å²) in [5.41, 5.74) is 1.00. The molecule has 1 unspecified atom stereocenters. The number of likely N-dealkylation sites (tertiary alicyclic amines) is 1. The maximum atomic E-state index is 12.9. The lowest BCUT2D eigenvalue weighted by Gasteiger charge is -2.35. The number of carbonyl (C=O) groups is 1. The number of amides is 1. The number of rotatable bonds is 4. The molecular weight excluding hydrogens is 328 g/mol. The van der Waals surface area contributed by atoms with Gasteiger partial charge in [0, 0.05) is 51.3 Å². The lowest BCUT2D eigenvalue weighted by atomic mass is 10.1. The first-order valence-corrected chi connectivity index (χ1v) is 9.26. The van der Waals surface area contributed by atoms with Crippen LogP contribution >= 0.6 is 0 Å². The van der Waals surface area contributed by atoms with Crippen molar-refractivity contribution >= 4 is 11.9 Å². The maximum absolute atomic E-state index is 12.9. The average Bonchev–Trinajstić information content (AvgIpc) is 3.20. The van der Waals surface area contributed by atoms with E-state index in [1.807, 2.05) is 29.2 Å². The normalized spacial score (nSPS) is 21.2. The van der Waals surface area contributed by atoms with E-state index in [1.54, 1.807) is 18.6 Å². The van der Waals surface area contributed by atoms with E-state index in [-0.39, 0.29) is 11.9 Å². The van der Waals surface area contributed by atoms with Gasteiger partial charge in [-0.2, -0.15) is 0 Å². The van der Waals surface area contributed by atoms with E-state index in [0.717, 1.165) is 57.2 Å². The molecule has 7 heteroatoms. The molecular formula is C19H24N6O. The smallest absolute Gasteiger partial charge is 0.237 e. The Morgan fingerprint density at radius 3 is 2.46 bits per heavy atom. The summed E-state index contributed by atoms with van der Waals surface area (Å²) in [5, 5.41) is 0. The summed E-state index contributed by atoms with van der Waals surface area (Å²) in [6, 6.07) is 7.89. The molecule has 1 amide bonds. The lowest BCUT2D eigenvalue weighted by Crippen LogP contribution is -2.50. The number of piperazine rings is 1.